The monoisotopic (exact) mass is 266 g/mol. The second-order valence-electron chi connectivity index (χ2n) is 4.03. The van der Waals surface area contributed by atoms with Crippen LogP contribution in [0.15, 0.2) is 29.6 Å². The first kappa shape index (κ1) is 12.6. The molecule has 1 aromatic carbocycles. The van der Waals surface area contributed by atoms with E-state index < -0.39 is 0 Å². The Morgan fingerprint density at radius 1 is 1.24 bits per heavy atom. The molecule has 2 aromatic rings. The van der Waals surface area contributed by atoms with Crippen LogP contribution < -0.4 is 11.3 Å². The van der Waals surface area contributed by atoms with Crippen LogP contribution in [0.5, 0.6) is 0 Å². The van der Waals surface area contributed by atoms with E-state index in [4.69, 9.17) is 17.4 Å². The van der Waals surface area contributed by atoms with Crippen LogP contribution in [0.25, 0.3) is 0 Å². The second kappa shape index (κ2) is 5.19. The smallest absolute Gasteiger partial charge is 0.0723 e. The Morgan fingerprint density at radius 3 is 2.53 bits per heavy atom. The summed E-state index contributed by atoms with van der Waals surface area (Å²) in [6.07, 6.45) is 0. The fraction of sp³-hybridized carbons (Fsp3) is 0.231. The number of nitrogens with two attached hydrogens (primary N) is 1. The summed E-state index contributed by atoms with van der Waals surface area (Å²) < 4.78 is 0. The highest BCUT2D eigenvalue weighted by Crippen LogP contribution is 2.30. The minimum atomic E-state index is 0.0264. The zero-order valence-corrected chi connectivity index (χ0v) is 11.4. The van der Waals surface area contributed by atoms with Crippen LogP contribution >= 0.6 is 22.9 Å². The summed E-state index contributed by atoms with van der Waals surface area (Å²) in [5.74, 6) is 5.69. The molecule has 0 bridgehead atoms. The lowest BCUT2D eigenvalue weighted by Crippen LogP contribution is -2.29. The van der Waals surface area contributed by atoms with Gasteiger partial charge in [-0.3, -0.25) is 5.84 Å². The highest BCUT2D eigenvalue weighted by Gasteiger charge is 2.17. The molecule has 0 amide bonds. The number of hydrazine groups is 1. The van der Waals surface area contributed by atoms with Crippen LogP contribution in [-0.2, 0) is 0 Å². The molecule has 0 saturated carbocycles. The summed E-state index contributed by atoms with van der Waals surface area (Å²) in [7, 11) is 0. The molecular formula is C13H15ClN2S. The number of rotatable bonds is 3. The minimum absolute atomic E-state index is 0.0264. The largest absolute Gasteiger partial charge is 0.271 e. The molecule has 90 valence electrons. The van der Waals surface area contributed by atoms with Gasteiger partial charge in [-0.2, -0.15) is 0 Å². The minimum Gasteiger partial charge on any atom is -0.271 e. The molecule has 0 aliphatic carbocycles. The van der Waals surface area contributed by atoms with Crippen LogP contribution in [0.1, 0.15) is 27.6 Å². The quantitative estimate of drug-likeness (QED) is 0.658. The first-order chi connectivity index (χ1) is 8.13. The van der Waals surface area contributed by atoms with Crippen molar-refractivity contribution in [2.24, 2.45) is 5.84 Å². The van der Waals surface area contributed by atoms with Crippen molar-refractivity contribution in [2.75, 3.05) is 0 Å². The van der Waals surface area contributed by atoms with Crippen LogP contribution in [0.4, 0.5) is 0 Å². The van der Waals surface area contributed by atoms with E-state index in [9.17, 15) is 0 Å². The number of nitrogens with one attached hydrogen (secondary N) is 1. The Kier molecular flexibility index (Phi) is 3.84. The van der Waals surface area contributed by atoms with Crippen LogP contribution in [-0.4, -0.2) is 0 Å². The summed E-state index contributed by atoms with van der Waals surface area (Å²) in [5.41, 5.74) is 6.42. The molecule has 0 saturated heterocycles. The highest BCUT2D eigenvalue weighted by atomic mass is 35.5. The van der Waals surface area contributed by atoms with Gasteiger partial charge in [-0.05, 0) is 54.1 Å². The molecule has 2 rings (SSSR count). The van der Waals surface area contributed by atoms with E-state index in [1.807, 2.05) is 25.1 Å². The molecule has 3 N–H and O–H groups in total. The predicted molar refractivity (Wildman–Crippen MR) is 74.4 cm³/mol. The molecule has 1 aromatic heterocycles. The van der Waals surface area contributed by atoms with E-state index in [1.165, 1.54) is 16.0 Å². The van der Waals surface area contributed by atoms with Gasteiger partial charge in [0.2, 0.25) is 0 Å². The van der Waals surface area contributed by atoms with E-state index in [0.29, 0.717) is 0 Å². The summed E-state index contributed by atoms with van der Waals surface area (Å²) >= 11 is 7.70. The second-order valence-corrected chi connectivity index (χ2v) is 5.59. The first-order valence-corrected chi connectivity index (χ1v) is 6.65. The van der Waals surface area contributed by atoms with Crippen LogP contribution in [0, 0.1) is 13.8 Å². The molecule has 1 unspecified atom stereocenters. The number of aryl methyl sites for hydroxylation is 2. The highest BCUT2D eigenvalue weighted by molar-refractivity contribution is 7.10. The molecule has 0 fully saturated rings. The van der Waals surface area contributed by atoms with Crippen molar-refractivity contribution in [2.45, 2.75) is 19.9 Å². The molecular weight excluding hydrogens is 252 g/mol. The lowest BCUT2D eigenvalue weighted by atomic mass is 9.96. The summed E-state index contributed by atoms with van der Waals surface area (Å²) in [5, 5.41) is 2.84. The van der Waals surface area contributed by atoms with Gasteiger partial charge in [0.15, 0.2) is 0 Å². The van der Waals surface area contributed by atoms with Crippen molar-refractivity contribution in [3.63, 3.8) is 0 Å². The third-order valence-corrected chi connectivity index (χ3v) is 4.02. The van der Waals surface area contributed by atoms with Crippen molar-refractivity contribution in [1.29, 1.82) is 0 Å². The lowest BCUT2D eigenvalue weighted by molar-refractivity contribution is 0.633. The molecule has 0 spiro atoms. The summed E-state index contributed by atoms with van der Waals surface area (Å²) in [6, 6.07) is 8.02. The van der Waals surface area contributed by atoms with Crippen molar-refractivity contribution >= 4 is 22.9 Å². The normalized spacial score (nSPS) is 12.7. The molecule has 0 radical (unpaired) electrons. The number of hydrogen-bond acceptors (Lipinski definition) is 3. The van der Waals surface area contributed by atoms with Gasteiger partial charge in [0.1, 0.15) is 0 Å². The van der Waals surface area contributed by atoms with Gasteiger partial charge in [0, 0.05) is 9.90 Å². The van der Waals surface area contributed by atoms with Gasteiger partial charge in [-0.25, -0.2) is 5.43 Å². The molecule has 17 heavy (non-hydrogen) atoms. The van der Waals surface area contributed by atoms with Crippen LogP contribution in [0.3, 0.4) is 0 Å². The van der Waals surface area contributed by atoms with Gasteiger partial charge in [0.25, 0.3) is 0 Å². The third-order valence-electron chi connectivity index (χ3n) is 2.92. The number of benzene rings is 1. The molecule has 1 heterocycles. The number of hydrogen-bond donors (Lipinski definition) is 2. The van der Waals surface area contributed by atoms with E-state index in [-0.39, 0.29) is 6.04 Å². The molecule has 1 atom stereocenters. The third kappa shape index (κ3) is 2.53. The fourth-order valence-corrected chi connectivity index (χ4v) is 2.97. The summed E-state index contributed by atoms with van der Waals surface area (Å²) in [4.78, 5) is 1.28. The van der Waals surface area contributed by atoms with Gasteiger partial charge in [-0.1, -0.05) is 17.7 Å². The molecule has 2 nitrogen and oxygen atoms in total. The Balaban J connectivity index is 2.46. The Hall–Kier alpha value is -0.870. The fourth-order valence-electron chi connectivity index (χ4n) is 2.00. The molecule has 4 heteroatoms. The maximum Gasteiger partial charge on any atom is 0.0723 e. The Labute approximate surface area is 110 Å². The first-order valence-electron chi connectivity index (χ1n) is 5.39. The van der Waals surface area contributed by atoms with E-state index in [2.05, 4.69) is 23.8 Å². The van der Waals surface area contributed by atoms with Gasteiger partial charge in [0.05, 0.1) is 6.04 Å². The SMILES string of the molecule is Cc1cc(Cl)ccc1C(NN)c1ccsc1C. The maximum atomic E-state index is 5.97. The van der Waals surface area contributed by atoms with Gasteiger partial charge in [-0.15, -0.1) is 11.3 Å². The molecule has 0 aliphatic rings. The number of halogens is 1. The number of thiophene rings is 1. The zero-order chi connectivity index (χ0) is 12.4. The van der Waals surface area contributed by atoms with E-state index >= 15 is 0 Å². The summed E-state index contributed by atoms with van der Waals surface area (Å²) in [6.45, 7) is 4.16. The van der Waals surface area contributed by atoms with Gasteiger partial charge >= 0.3 is 0 Å². The average molecular weight is 267 g/mol. The maximum absolute atomic E-state index is 5.97. The Morgan fingerprint density at radius 2 is 2.00 bits per heavy atom. The molecule has 0 aliphatic heterocycles. The van der Waals surface area contributed by atoms with Crippen LogP contribution in [0.2, 0.25) is 5.02 Å². The van der Waals surface area contributed by atoms with Crippen molar-refractivity contribution in [3.05, 3.63) is 56.2 Å². The van der Waals surface area contributed by atoms with Crippen molar-refractivity contribution in [1.82, 2.24) is 5.43 Å². The van der Waals surface area contributed by atoms with E-state index in [0.717, 1.165) is 10.6 Å². The van der Waals surface area contributed by atoms with Crippen molar-refractivity contribution in [3.8, 4) is 0 Å². The van der Waals surface area contributed by atoms with Crippen molar-refractivity contribution < 1.29 is 0 Å². The predicted octanol–water partition coefficient (Wildman–Crippen LogP) is 3.57. The average Bonchev–Trinajstić information content (AvgIpc) is 2.69. The lowest BCUT2D eigenvalue weighted by Gasteiger charge is -2.19. The Bertz CT molecular complexity index is 522. The zero-order valence-electron chi connectivity index (χ0n) is 9.83. The van der Waals surface area contributed by atoms with E-state index in [1.54, 1.807) is 11.3 Å². The topological polar surface area (TPSA) is 38.0 Å². The standard InChI is InChI=1S/C13H15ClN2S/c1-8-7-10(14)3-4-11(8)13(16-15)12-5-6-17-9(12)2/h3-7,13,16H,15H2,1-2H3. The van der Waals surface area contributed by atoms with Gasteiger partial charge < -0.3 is 0 Å².